The number of hydrogen-bond acceptors (Lipinski definition) is 7. The third-order valence-corrected chi connectivity index (χ3v) is 5.53. The van der Waals surface area contributed by atoms with Crippen LogP contribution in [0.15, 0.2) is 30.3 Å². The van der Waals surface area contributed by atoms with Gasteiger partial charge in [-0.1, -0.05) is 50.6 Å². The second kappa shape index (κ2) is 14.4. The van der Waals surface area contributed by atoms with Crippen molar-refractivity contribution in [2.45, 2.75) is 63.7 Å². The number of rotatable bonds is 15. The molecule has 1 aromatic rings. The number of hydrogen-bond donors (Lipinski definition) is 7. The monoisotopic (exact) mass is 506 g/mol. The zero-order valence-corrected chi connectivity index (χ0v) is 20.2. The predicted octanol–water partition coefficient (Wildman–Crippen LogP) is -2.11. The van der Waals surface area contributed by atoms with Crippen molar-refractivity contribution in [1.82, 2.24) is 16.0 Å². The van der Waals surface area contributed by atoms with Crippen molar-refractivity contribution in [1.29, 1.82) is 0 Å². The molecule has 0 aliphatic rings. The molecule has 1 aromatic carbocycles. The number of carbonyl (C=O) groups is 6. The molecular weight excluding hydrogens is 472 g/mol. The van der Waals surface area contributed by atoms with E-state index in [1.807, 2.05) is 6.92 Å². The fourth-order valence-corrected chi connectivity index (χ4v) is 3.20. The molecule has 13 heteroatoms. The highest BCUT2D eigenvalue weighted by Crippen LogP contribution is 2.08. The van der Waals surface area contributed by atoms with Gasteiger partial charge in [-0.05, 0) is 11.5 Å². The molecule has 0 aliphatic carbocycles. The van der Waals surface area contributed by atoms with E-state index in [-0.39, 0.29) is 12.3 Å². The van der Waals surface area contributed by atoms with Gasteiger partial charge in [0.25, 0.3) is 0 Å². The Labute approximate surface area is 208 Å². The Balaban J connectivity index is 3.15. The maximum atomic E-state index is 13.0. The molecular formula is C23H34N6O7. The fourth-order valence-electron chi connectivity index (χ4n) is 3.20. The summed E-state index contributed by atoms with van der Waals surface area (Å²) < 4.78 is 0. The maximum Gasteiger partial charge on any atom is 0.326 e. The van der Waals surface area contributed by atoms with Crippen LogP contribution in [0.1, 0.15) is 38.7 Å². The van der Waals surface area contributed by atoms with Crippen molar-refractivity contribution in [3.05, 3.63) is 35.9 Å². The zero-order chi connectivity index (χ0) is 27.4. The number of benzene rings is 1. The molecule has 0 saturated heterocycles. The summed E-state index contributed by atoms with van der Waals surface area (Å²) in [6.45, 7) is 3.58. The van der Waals surface area contributed by atoms with Gasteiger partial charge >= 0.3 is 5.97 Å². The Kier molecular flexibility index (Phi) is 12.0. The van der Waals surface area contributed by atoms with E-state index < -0.39 is 72.5 Å². The summed E-state index contributed by atoms with van der Waals surface area (Å²) >= 11 is 0. The van der Waals surface area contributed by atoms with Crippen LogP contribution in [0.25, 0.3) is 0 Å². The van der Waals surface area contributed by atoms with E-state index in [1.54, 1.807) is 37.3 Å². The lowest BCUT2D eigenvalue weighted by atomic mass is 9.98. The van der Waals surface area contributed by atoms with Crippen molar-refractivity contribution in [3.63, 3.8) is 0 Å². The van der Waals surface area contributed by atoms with Crippen LogP contribution < -0.4 is 33.2 Å². The van der Waals surface area contributed by atoms with E-state index in [1.165, 1.54) is 0 Å². The maximum absolute atomic E-state index is 13.0. The number of carboxylic acids is 1. The van der Waals surface area contributed by atoms with Gasteiger partial charge in [-0.2, -0.15) is 0 Å². The largest absolute Gasteiger partial charge is 0.480 e. The number of carbonyl (C=O) groups excluding carboxylic acids is 5. The molecule has 5 amide bonds. The van der Waals surface area contributed by atoms with E-state index in [2.05, 4.69) is 16.0 Å². The Bertz CT molecular complexity index is 956. The summed E-state index contributed by atoms with van der Waals surface area (Å²) in [6.07, 6.45) is -0.702. The molecule has 5 unspecified atom stereocenters. The highest BCUT2D eigenvalue weighted by molar-refractivity contribution is 5.96. The van der Waals surface area contributed by atoms with Gasteiger partial charge in [0.05, 0.1) is 18.9 Å². The first kappa shape index (κ1) is 30.0. The van der Waals surface area contributed by atoms with Gasteiger partial charge in [0, 0.05) is 6.42 Å². The summed E-state index contributed by atoms with van der Waals surface area (Å²) in [5.41, 5.74) is 16.8. The molecule has 0 spiro atoms. The number of carboxylic acid groups (broad SMARTS) is 1. The van der Waals surface area contributed by atoms with Gasteiger partial charge in [-0.25, -0.2) is 4.79 Å². The second-order valence-corrected chi connectivity index (χ2v) is 8.46. The first-order valence-electron chi connectivity index (χ1n) is 11.4. The molecule has 0 heterocycles. The van der Waals surface area contributed by atoms with E-state index in [0.717, 1.165) is 0 Å². The van der Waals surface area contributed by atoms with Gasteiger partial charge < -0.3 is 38.3 Å². The van der Waals surface area contributed by atoms with Gasteiger partial charge in [-0.3, -0.25) is 24.0 Å². The molecule has 1 rings (SSSR count). The quantitative estimate of drug-likeness (QED) is 0.139. The lowest BCUT2D eigenvalue weighted by molar-refractivity contribution is -0.143. The molecule has 10 N–H and O–H groups in total. The fraction of sp³-hybridized carbons (Fsp3) is 0.478. The number of aliphatic carboxylic acids is 1. The van der Waals surface area contributed by atoms with Crippen LogP contribution >= 0.6 is 0 Å². The van der Waals surface area contributed by atoms with Crippen molar-refractivity contribution >= 4 is 35.5 Å². The number of amides is 5. The predicted molar refractivity (Wildman–Crippen MR) is 129 cm³/mol. The normalized spacial score (nSPS) is 14.9. The van der Waals surface area contributed by atoms with E-state index >= 15 is 0 Å². The van der Waals surface area contributed by atoms with Crippen molar-refractivity contribution in [3.8, 4) is 0 Å². The summed E-state index contributed by atoms with van der Waals surface area (Å²) in [5, 5.41) is 16.3. The third kappa shape index (κ3) is 10.1. The van der Waals surface area contributed by atoms with Crippen LogP contribution in [0.2, 0.25) is 0 Å². The van der Waals surface area contributed by atoms with Gasteiger partial charge in [-0.15, -0.1) is 0 Å². The first-order valence-corrected chi connectivity index (χ1v) is 11.4. The molecule has 0 saturated carbocycles. The Morgan fingerprint density at radius 3 is 1.78 bits per heavy atom. The van der Waals surface area contributed by atoms with Gasteiger partial charge in [0.1, 0.15) is 18.1 Å². The average Bonchev–Trinajstić information content (AvgIpc) is 2.81. The number of primary amides is 2. The van der Waals surface area contributed by atoms with Crippen LogP contribution in [0.3, 0.4) is 0 Å². The molecule has 5 atom stereocenters. The minimum Gasteiger partial charge on any atom is -0.480 e. The minimum atomic E-state index is -1.63. The summed E-state index contributed by atoms with van der Waals surface area (Å²) in [5.74, 6) is -6.04. The van der Waals surface area contributed by atoms with Crippen LogP contribution in [0, 0.1) is 5.92 Å². The highest BCUT2D eigenvalue weighted by atomic mass is 16.4. The Morgan fingerprint density at radius 1 is 0.806 bits per heavy atom. The lowest BCUT2D eigenvalue weighted by Crippen LogP contribution is -2.58. The van der Waals surface area contributed by atoms with Crippen LogP contribution in [0.4, 0.5) is 0 Å². The van der Waals surface area contributed by atoms with Gasteiger partial charge in [0.15, 0.2) is 0 Å². The van der Waals surface area contributed by atoms with Crippen molar-refractivity contribution in [2.24, 2.45) is 23.1 Å². The lowest BCUT2D eigenvalue weighted by Gasteiger charge is -2.25. The topological polar surface area (TPSA) is 237 Å². The standard InChI is InChI=1S/C23H34N6O7/c1-3-12(2)19(26)22(34)28-15(10-17(24)30)21(33)27-14(9-13-7-5-4-6-8-13)20(32)29-16(23(35)36)11-18(25)31/h4-8,12,14-16,19H,3,9-11,26H2,1-2H3,(H2,24,30)(H2,25,31)(H,27,33)(H,28,34)(H,29,32)(H,35,36). The highest BCUT2D eigenvalue weighted by Gasteiger charge is 2.32. The SMILES string of the molecule is CCC(C)C(N)C(=O)NC(CC(N)=O)C(=O)NC(Cc1ccccc1)C(=O)NC(CC(N)=O)C(=O)O. The van der Waals surface area contributed by atoms with Crippen molar-refractivity contribution in [2.75, 3.05) is 0 Å². The van der Waals surface area contributed by atoms with Gasteiger partial charge in [0.2, 0.25) is 29.5 Å². The molecule has 13 nitrogen and oxygen atoms in total. The molecule has 36 heavy (non-hydrogen) atoms. The molecule has 0 radical (unpaired) electrons. The second-order valence-electron chi connectivity index (χ2n) is 8.46. The Hall–Kier alpha value is -4.00. The zero-order valence-electron chi connectivity index (χ0n) is 20.2. The minimum absolute atomic E-state index is 0.0645. The van der Waals surface area contributed by atoms with E-state index in [4.69, 9.17) is 17.2 Å². The third-order valence-electron chi connectivity index (χ3n) is 5.53. The molecule has 198 valence electrons. The van der Waals surface area contributed by atoms with Crippen molar-refractivity contribution < 1.29 is 33.9 Å². The van der Waals surface area contributed by atoms with Crippen LogP contribution in [-0.4, -0.2) is 64.8 Å². The van der Waals surface area contributed by atoms with Crippen LogP contribution in [0.5, 0.6) is 0 Å². The number of nitrogens with two attached hydrogens (primary N) is 3. The average molecular weight is 507 g/mol. The number of nitrogens with one attached hydrogen (secondary N) is 3. The summed E-state index contributed by atoms with van der Waals surface area (Å²) in [7, 11) is 0. The molecule has 0 aliphatic heterocycles. The smallest absolute Gasteiger partial charge is 0.326 e. The van der Waals surface area contributed by atoms with E-state index in [0.29, 0.717) is 12.0 Å². The molecule has 0 aromatic heterocycles. The molecule has 0 bridgehead atoms. The van der Waals surface area contributed by atoms with Crippen LogP contribution in [-0.2, 0) is 35.2 Å². The summed E-state index contributed by atoms with van der Waals surface area (Å²) in [4.78, 5) is 72.7. The summed E-state index contributed by atoms with van der Waals surface area (Å²) in [6, 6.07) is 3.16. The van der Waals surface area contributed by atoms with E-state index in [9.17, 15) is 33.9 Å². The first-order chi connectivity index (χ1) is 16.8. The molecule has 0 fully saturated rings. The Morgan fingerprint density at radius 2 is 1.28 bits per heavy atom.